The molecule has 0 spiro atoms. The van der Waals surface area contributed by atoms with Crippen molar-refractivity contribution in [2.24, 2.45) is 0 Å². The van der Waals surface area contributed by atoms with Gasteiger partial charge < -0.3 is 14.8 Å². The standard InChI is InChI=1S/C20H21N3O7/c1-4-29-17-8-6-14(10-16(17)23(27)28)19(25)30-11-18(24)22-20(26)21-15-7-5-12(2)13(3)9-15/h5-10H,4,11H2,1-3H3,(H2,21,22,24,26). The van der Waals surface area contributed by atoms with Gasteiger partial charge in [-0.05, 0) is 56.2 Å². The van der Waals surface area contributed by atoms with Crippen LogP contribution in [0.2, 0.25) is 0 Å². The van der Waals surface area contributed by atoms with Crippen molar-refractivity contribution in [2.75, 3.05) is 18.5 Å². The van der Waals surface area contributed by atoms with Crippen LogP contribution in [0.15, 0.2) is 36.4 Å². The molecule has 0 saturated heterocycles. The van der Waals surface area contributed by atoms with Crippen LogP contribution < -0.4 is 15.4 Å². The van der Waals surface area contributed by atoms with Crippen LogP contribution in [0.25, 0.3) is 0 Å². The van der Waals surface area contributed by atoms with Crippen molar-refractivity contribution in [3.05, 3.63) is 63.2 Å². The van der Waals surface area contributed by atoms with Crippen LogP contribution in [0, 0.1) is 24.0 Å². The number of imide groups is 1. The topological polar surface area (TPSA) is 137 Å². The van der Waals surface area contributed by atoms with Crippen LogP contribution in [0.5, 0.6) is 5.75 Å². The summed E-state index contributed by atoms with van der Waals surface area (Å²) in [6, 6.07) is 8.03. The number of nitrogens with zero attached hydrogens (tertiary/aromatic N) is 1. The Balaban J connectivity index is 1.91. The zero-order valence-electron chi connectivity index (χ0n) is 16.7. The van der Waals surface area contributed by atoms with Gasteiger partial charge in [-0.3, -0.25) is 20.2 Å². The molecular formula is C20H21N3O7. The van der Waals surface area contributed by atoms with E-state index < -0.39 is 35.1 Å². The summed E-state index contributed by atoms with van der Waals surface area (Å²) >= 11 is 0. The van der Waals surface area contributed by atoms with E-state index in [4.69, 9.17) is 9.47 Å². The molecule has 10 nitrogen and oxygen atoms in total. The third kappa shape index (κ3) is 6.03. The van der Waals surface area contributed by atoms with Gasteiger partial charge in [-0.1, -0.05) is 6.07 Å². The molecule has 0 aromatic heterocycles. The number of urea groups is 1. The predicted molar refractivity (Wildman–Crippen MR) is 108 cm³/mol. The zero-order chi connectivity index (χ0) is 22.3. The maximum absolute atomic E-state index is 12.1. The molecule has 10 heteroatoms. The van der Waals surface area contributed by atoms with E-state index in [-0.39, 0.29) is 17.9 Å². The number of hydrogen-bond donors (Lipinski definition) is 2. The summed E-state index contributed by atoms with van der Waals surface area (Å²) in [6.07, 6.45) is 0. The third-order valence-electron chi connectivity index (χ3n) is 4.04. The van der Waals surface area contributed by atoms with E-state index >= 15 is 0 Å². The number of benzene rings is 2. The molecule has 30 heavy (non-hydrogen) atoms. The number of aryl methyl sites for hydroxylation is 2. The SMILES string of the molecule is CCOc1ccc(C(=O)OCC(=O)NC(=O)Nc2ccc(C)c(C)c2)cc1[N+](=O)[O-]. The lowest BCUT2D eigenvalue weighted by molar-refractivity contribution is -0.385. The van der Waals surface area contributed by atoms with Gasteiger partial charge in [0.1, 0.15) is 0 Å². The van der Waals surface area contributed by atoms with Crippen molar-refractivity contribution in [3.8, 4) is 5.75 Å². The number of amides is 3. The molecule has 0 aliphatic heterocycles. The summed E-state index contributed by atoms with van der Waals surface area (Å²) in [5.74, 6) is -1.80. The van der Waals surface area contributed by atoms with E-state index in [0.29, 0.717) is 5.69 Å². The van der Waals surface area contributed by atoms with Crippen LogP contribution in [0.1, 0.15) is 28.4 Å². The van der Waals surface area contributed by atoms with Gasteiger partial charge in [0.25, 0.3) is 5.91 Å². The molecule has 2 N–H and O–H groups in total. The Morgan fingerprint density at radius 1 is 1.07 bits per heavy atom. The van der Waals surface area contributed by atoms with E-state index in [2.05, 4.69) is 5.32 Å². The first-order valence-corrected chi connectivity index (χ1v) is 8.97. The molecule has 0 unspecified atom stereocenters. The van der Waals surface area contributed by atoms with Crippen molar-refractivity contribution < 1.29 is 28.8 Å². The normalized spacial score (nSPS) is 10.1. The van der Waals surface area contributed by atoms with E-state index in [1.54, 1.807) is 19.1 Å². The fourth-order valence-electron chi connectivity index (χ4n) is 2.42. The van der Waals surface area contributed by atoms with Crippen molar-refractivity contribution in [2.45, 2.75) is 20.8 Å². The molecule has 0 radical (unpaired) electrons. The minimum absolute atomic E-state index is 0.0137. The van der Waals surface area contributed by atoms with Gasteiger partial charge in [-0.25, -0.2) is 9.59 Å². The van der Waals surface area contributed by atoms with Crippen LogP contribution in [-0.4, -0.2) is 36.0 Å². The van der Waals surface area contributed by atoms with Crippen molar-refractivity contribution >= 4 is 29.3 Å². The van der Waals surface area contributed by atoms with E-state index in [0.717, 1.165) is 17.2 Å². The number of anilines is 1. The van der Waals surface area contributed by atoms with Gasteiger partial charge in [-0.15, -0.1) is 0 Å². The average molecular weight is 415 g/mol. The summed E-state index contributed by atoms with van der Waals surface area (Å²) in [5, 5.41) is 15.6. The molecule has 0 fully saturated rings. The highest BCUT2D eigenvalue weighted by atomic mass is 16.6. The number of esters is 1. The number of hydrogen-bond acceptors (Lipinski definition) is 7. The minimum atomic E-state index is -0.953. The van der Waals surface area contributed by atoms with Crippen LogP contribution in [0.4, 0.5) is 16.2 Å². The number of nitrogens with one attached hydrogen (secondary N) is 2. The average Bonchev–Trinajstić information content (AvgIpc) is 2.69. The Morgan fingerprint density at radius 3 is 2.43 bits per heavy atom. The molecule has 0 bridgehead atoms. The Kier molecular flexibility index (Phi) is 7.45. The molecule has 2 aromatic carbocycles. The van der Waals surface area contributed by atoms with Gasteiger partial charge in [0.15, 0.2) is 12.4 Å². The van der Waals surface area contributed by atoms with Crippen molar-refractivity contribution in [1.82, 2.24) is 5.32 Å². The van der Waals surface area contributed by atoms with Gasteiger partial charge in [0, 0.05) is 11.8 Å². The maximum atomic E-state index is 12.1. The molecule has 0 saturated carbocycles. The fraction of sp³-hybridized carbons (Fsp3) is 0.250. The lowest BCUT2D eigenvalue weighted by Crippen LogP contribution is -2.37. The first-order chi connectivity index (χ1) is 14.2. The molecule has 0 aliphatic rings. The summed E-state index contributed by atoms with van der Waals surface area (Å²) in [5.41, 5.74) is 2.00. The van der Waals surface area contributed by atoms with E-state index in [9.17, 15) is 24.5 Å². The number of nitro benzene ring substituents is 1. The van der Waals surface area contributed by atoms with Gasteiger partial charge in [0.2, 0.25) is 0 Å². The third-order valence-corrected chi connectivity index (χ3v) is 4.04. The van der Waals surface area contributed by atoms with Crippen LogP contribution in [0.3, 0.4) is 0 Å². The minimum Gasteiger partial charge on any atom is -0.487 e. The monoisotopic (exact) mass is 415 g/mol. The van der Waals surface area contributed by atoms with Gasteiger partial charge in [0.05, 0.1) is 17.1 Å². The lowest BCUT2D eigenvalue weighted by Gasteiger charge is -2.09. The highest BCUT2D eigenvalue weighted by Crippen LogP contribution is 2.28. The number of carbonyl (C=O) groups is 3. The quantitative estimate of drug-likeness (QED) is 0.403. The number of carbonyl (C=O) groups excluding carboxylic acids is 3. The van der Waals surface area contributed by atoms with Crippen molar-refractivity contribution in [3.63, 3.8) is 0 Å². The van der Waals surface area contributed by atoms with Gasteiger partial charge in [-0.2, -0.15) is 0 Å². The highest BCUT2D eigenvalue weighted by molar-refractivity contribution is 6.02. The molecule has 0 atom stereocenters. The fourth-order valence-corrected chi connectivity index (χ4v) is 2.42. The predicted octanol–water partition coefficient (Wildman–Crippen LogP) is 3.12. The highest BCUT2D eigenvalue weighted by Gasteiger charge is 2.20. The van der Waals surface area contributed by atoms with Crippen LogP contribution in [-0.2, 0) is 9.53 Å². The first-order valence-electron chi connectivity index (χ1n) is 8.97. The lowest BCUT2D eigenvalue weighted by atomic mass is 10.1. The Labute approximate surface area is 172 Å². The summed E-state index contributed by atoms with van der Waals surface area (Å²) in [6.45, 7) is 4.96. The maximum Gasteiger partial charge on any atom is 0.338 e. The Morgan fingerprint density at radius 2 is 1.80 bits per heavy atom. The number of ether oxygens (including phenoxy) is 2. The molecule has 0 aliphatic carbocycles. The number of rotatable bonds is 7. The second-order valence-corrected chi connectivity index (χ2v) is 6.25. The summed E-state index contributed by atoms with van der Waals surface area (Å²) in [4.78, 5) is 46.2. The second kappa shape index (κ2) is 10.0. The molecule has 0 heterocycles. The molecule has 3 amide bonds. The Bertz CT molecular complexity index is 988. The molecule has 2 rings (SSSR count). The Hall–Kier alpha value is -3.95. The summed E-state index contributed by atoms with van der Waals surface area (Å²) in [7, 11) is 0. The number of nitro groups is 1. The molecule has 158 valence electrons. The van der Waals surface area contributed by atoms with E-state index in [1.165, 1.54) is 12.1 Å². The molecular weight excluding hydrogens is 394 g/mol. The van der Waals surface area contributed by atoms with Gasteiger partial charge >= 0.3 is 17.7 Å². The van der Waals surface area contributed by atoms with E-state index in [1.807, 2.05) is 25.2 Å². The smallest absolute Gasteiger partial charge is 0.338 e. The summed E-state index contributed by atoms with van der Waals surface area (Å²) < 4.78 is 9.95. The van der Waals surface area contributed by atoms with Crippen LogP contribution >= 0.6 is 0 Å². The first kappa shape index (κ1) is 22.3. The van der Waals surface area contributed by atoms with Crippen molar-refractivity contribution in [1.29, 1.82) is 0 Å². The largest absolute Gasteiger partial charge is 0.487 e. The molecule has 2 aromatic rings. The zero-order valence-corrected chi connectivity index (χ0v) is 16.7. The second-order valence-electron chi connectivity index (χ2n) is 6.25.